The molecule has 1 amide bonds. The number of pyridine rings is 1. The van der Waals surface area contributed by atoms with Gasteiger partial charge in [0.25, 0.3) is 0 Å². The fraction of sp³-hybridized carbons (Fsp3) is 0.579. The molecule has 27 heavy (non-hydrogen) atoms. The molecule has 0 fully saturated rings. The summed E-state index contributed by atoms with van der Waals surface area (Å²) in [5.74, 6) is 0. The number of hydrogen-bond acceptors (Lipinski definition) is 5. The number of nitrogens with one attached hydrogen (secondary N) is 1. The Morgan fingerprint density at radius 2 is 1.89 bits per heavy atom. The topological polar surface area (TPSA) is 95.2 Å². The van der Waals surface area contributed by atoms with Crippen LogP contribution in [0.5, 0.6) is 0 Å². The maximum absolute atomic E-state index is 12.9. The van der Waals surface area contributed by atoms with Gasteiger partial charge in [0.05, 0.1) is 0 Å². The molecule has 0 radical (unpaired) electrons. The second-order valence-electron chi connectivity index (χ2n) is 7.53. The molecule has 0 aliphatic carbocycles. The molecule has 0 spiro atoms. The quantitative estimate of drug-likeness (QED) is 0.807. The zero-order valence-electron chi connectivity index (χ0n) is 16.7. The first-order valence-electron chi connectivity index (χ1n) is 9.28. The van der Waals surface area contributed by atoms with Crippen LogP contribution in [0.3, 0.4) is 0 Å². The van der Waals surface area contributed by atoms with Crippen molar-refractivity contribution in [2.75, 3.05) is 6.54 Å². The van der Waals surface area contributed by atoms with E-state index in [4.69, 9.17) is 4.74 Å². The van der Waals surface area contributed by atoms with Crippen molar-refractivity contribution in [1.82, 2.24) is 19.4 Å². The standard InChI is InChI=1S/C19H28N4O4/c1-6-7-8-9-11-21-16(24)23-15-14(13(2)10-12-20-15)22(17(23)25)18(26)27-19(3,4)5/h10,12H,6-9,11H2,1-5H3,(H,21,24). The van der Waals surface area contributed by atoms with Crippen LogP contribution in [0, 0.1) is 6.92 Å². The number of ether oxygens (including phenoxy) is 1. The highest BCUT2D eigenvalue weighted by atomic mass is 16.6. The molecule has 2 rings (SSSR count). The van der Waals surface area contributed by atoms with E-state index < -0.39 is 23.4 Å². The minimum absolute atomic E-state index is 0.136. The maximum Gasteiger partial charge on any atom is 0.423 e. The van der Waals surface area contributed by atoms with Crippen molar-refractivity contribution in [3.63, 3.8) is 0 Å². The summed E-state index contributed by atoms with van der Waals surface area (Å²) in [6, 6.07) is 1.08. The molecule has 0 saturated carbocycles. The van der Waals surface area contributed by atoms with E-state index in [-0.39, 0.29) is 11.2 Å². The number of carbonyl (C=O) groups is 2. The van der Waals surface area contributed by atoms with Crippen molar-refractivity contribution in [2.45, 2.75) is 65.9 Å². The fourth-order valence-electron chi connectivity index (χ4n) is 2.75. The number of aryl methyl sites for hydroxylation is 1. The number of carbonyl (C=O) groups excluding carboxylic acids is 2. The minimum atomic E-state index is -0.830. The summed E-state index contributed by atoms with van der Waals surface area (Å²) in [5.41, 5.74) is -0.498. The molecule has 8 heteroatoms. The van der Waals surface area contributed by atoms with E-state index in [1.165, 1.54) is 6.20 Å². The van der Waals surface area contributed by atoms with Gasteiger partial charge in [0.1, 0.15) is 11.1 Å². The maximum atomic E-state index is 12.9. The summed E-state index contributed by atoms with van der Waals surface area (Å²) in [4.78, 5) is 42.2. The number of aromatic nitrogens is 3. The molecule has 148 valence electrons. The van der Waals surface area contributed by atoms with Crippen LogP contribution < -0.4 is 11.0 Å². The molecule has 1 N–H and O–H groups in total. The Bertz CT molecular complexity index is 889. The molecule has 8 nitrogen and oxygen atoms in total. The zero-order valence-corrected chi connectivity index (χ0v) is 16.7. The van der Waals surface area contributed by atoms with Crippen LogP contribution in [0.25, 0.3) is 11.2 Å². The molecule has 2 heterocycles. The van der Waals surface area contributed by atoms with Gasteiger partial charge in [0.2, 0.25) is 0 Å². The van der Waals surface area contributed by atoms with Gasteiger partial charge in [-0.15, -0.1) is 0 Å². The predicted octanol–water partition coefficient (Wildman–Crippen LogP) is 3.43. The first-order valence-corrected chi connectivity index (χ1v) is 9.28. The zero-order chi connectivity index (χ0) is 20.2. The van der Waals surface area contributed by atoms with Crippen LogP contribution in [0.2, 0.25) is 0 Å². The van der Waals surface area contributed by atoms with Gasteiger partial charge in [0.15, 0.2) is 5.65 Å². The Kier molecular flexibility index (Phi) is 6.41. The molecule has 0 saturated heterocycles. The lowest BCUT2D eigenvalue weighted by atomic mass is 10.2. The van der Waals surface area contributed by atoms with Crippen LogP contribution in [-0.2, 0) is 4.74 Å². The fourth-order valence-corrected chi connectivity index (χ4v) is 2.75. The largest absolute Gasteiger partial charge is 0.443 e. The Balaban J connectivity index is 2.42. The van der Waals surface area contributed by atoms with Gasteiger partial charge in [0, 0.05) is 12.7 Å². The number of rotatable bonds is 5. The van der Waals surface area contributed by atoms with E-state index >= 15 is 0 Å². The molecule has 0 bridgehead atoms. The lowest BCUT2D eigenvalue weighted by Gasteiger charge is -2.19. The van der Waals surface area contributed by atoms with Crippen molar-refractivity contribution in [3.05, 3.63) is 28.3 Å². The van der Waals surface area contributed by atoms with Gasteiger partial charge < -0.3 is 10.1 Å². The third kappa shape index (κ3) is 4.75. The molecule has 0 unspecified atom stereocenters. The van der Waals surface area contributed by atoms with E-state index in [1.54, 1.807) is 33.8 Å². The molecule has 2 aromatic rings. The Hall–Kier alpha value is -2.64. The molecular weight excluding hydrogens is 348 g/mol. The summed E-state index contributed by atoms with van der Waals surface area (Å²) in [7, 11) is 0. The number of hydrogen-bond donors (Lipinski definition) is 1. The van der Waals surface area contributed by atoms with E-state index in [2.05, 4.69) is 17.2 Å². The van der Waals surface area contributed by atoms with Crippen molar-refractivity contribution >= 4 is 23.3 Å². The van der Waals surface area contributed by atoms with Crippen molar-refractivity contribution < 1.29 is 14.3 Å². The van der Waals surface area contributed by atoms with Crippen molar-refractivity contribution in [1.29, 1.82) is 0 Å². The average Bonchev–Trinajstić information content (AvgIpc) is 2.86. The molecule has 2 aromatic heterocycles. The van der Waals surface area contributed by atoms with Gasteiger partial charge >= 0.3 is 17.8 Å². The monoisotopic (exact) mass is 376 g/mol. The van der Waals surface area contributed by atoms with Crippen LogP contribution in [0.1, 0.15) is 58.9 Å². The van der Waals surface area contributed by atoms with Crippen LogP contribution in [0.15, 0.2) is 17.1 Å². The molecule has 0 aromatic carbocycles. The smallest absolute Gasteiger partial charge is 0.423 e. The number of imidazole rings is 1. The molecule has 0 atom stereocenters. The number of unbranched alkanes of at least 4 members (excludes halogenated alkanes) is 3. The van der Waals surface area contributed by atoms with Gasteiger partial charge in [-0.1, -0.05) is 26.2 Å². The van der Waals surface area contributed by atoms with E-state index in [0.29, 0.717) is 12.1 Å². The van der Waals surface area contributed by atoms with E-state index in [1.807, 2.05) is 0 Å². The second-order valence-corrected chi connectivity index (χ2v) is 7.53. The minimum Gasteiger partial charge on any atom is -0.443 e. The third-order valence-electron chi connectivity index (χ3n) is 4.01. The summed E-state index contributed by atoms with van der Waals surface area (Å²) in [5, 5.41) is 2.73. The first kappa shape index (κ1) is 20.7. The van der Waals surface area contributed by atoms with Gasteiger partial charge in [-0.3, -0.25) is 0 Å². The van der Waals surface area contributed by atoms with Crippen LogP contribution in [-0.4, -0.2) is 38.4 Å². The van der Waals surface area contributed by atoms with Crippen LogP contribution in [0.4, 0.5) is 9.59 Å². The van der Waals surface area contributed by atoms with E-state index in [0.717, 1.165) is 34.8 Å². The first-order chi connectivity index (χ1) is 12.7. The highest BCUT2D eigenvalue weighted by molar-refractivity contribution is 5.93. The van der Waals surface area contributed by atoms with Gasteiger partial charge in [-0.2, -0.15) is 9.13 Å². The summed E-state index contributed by atoms with van der Waals surface area (Å²) in [6.07, 6.45) is 4.69. The van der Waals surface area contributed by atoms with Gasteiger partial charge in [-0.25, -0.2) is 19.4 Å². The van der Waals surface area contributed by atoms with Crippen LogP contribution >= 0.6 is 0 Å². The number of fused-ring (bicyclic) bond motifs is 1. The second kappa shape index (κ2) is 8.37. The Labute approximate surface area is 158 Å². The van der Waals surface area contributed by atoms with Crippen molar-refractivity contribution in [3.8, 4) is 0 Å². The van der Waals surface area contributed by atoms with E-state index in [9.17, 15) is 14.4 Å². The summed E-state index contributed by atoms with van der Waals surface area (Å²) >= 11 is 0. The Morgan fingerprint density at radius 3 is 2.52 bits per heavy atom. The third-order valence-corrected chi connectivity index (χ3v) is 4.01. The van der Waals surface area contributed by atoms with Crippen molar-refractivity contribution in [2.24, 2.45) is 0 Å². The number of nitrogens with zero attached hydrogens (tertiary/aromatic N) is 3. The molecule has 0 aliphatic rings. The average molecular weight is 376 g/mol. The highest BCUT2D eigenvalue weighted by Crippen LogP contribution is 2.17. The van der Waals surface area contributed by atoms with Gasteiger partial charge in [-0.05, 0) is 45.7 Å². The summed E-state index contributed by atoms with van der Waals surface area (Å²) in [6.45, 7) is 9.45. The summed E-state index contributed by atoms with van der Waals surface area (Å²) < 4.78 is 7.11. The SMILES string of the molecule is CCCCCCNC(=O)n1c(=O)n(C(=O)OC(C)(C)C)c2c(C)ccnc21. The predicted molar refractivity (Wildman–Crippen MR) is 103 cm³/mol. The lowest BCUT2D eigenvalue weighted by Crippen LogP contribution is -2.40. The number of amides is 1. The Morgan fingerprint density at radius 1 is 1.19 bits per heavy atom. The highest BCUT2D eigenvalue weighted by Gasteiger charge is 2.27. The normalized spacial score (nSPS) is 11.6. The molecular formula is C19H28N4O4. The molecule has 0 aliphatic heterocycles. The lowest BCUT2D eigenvalue weighted by molar-refractivity contribution is 0.0537.